The molecule has 1 atom stereocenters. The smallest absolute Gasteiger partial charge is 0.297 e. The summed E-state index contributed by atoms with van der Waals surface area (Å²) >= 11 is 26.6. The molecule has 0 spiro atoms. The predicted molar refractivity (Wildman–Crippen MR) is 124 cm³/mol. The maximum Gasteiger partial charge on any atom is 0.297 e. The fourth-order valence-electron chi connectivity index (χ4n) is 2.84. The third-order valence-electron chi connectivity index (χ3n) is 4.43. The monoisotopic (exact) mass is 606 g/mol. The highest BCUT2D eigenvalue weighted by molar-refractivity contribution is 9.10. The van der Waals surface area contributed by atoms with E-state index in [0.717, 1.165) is 0 Å². The fourth-order valence-corrected chi connectivity index (χ4v) is 7.82. The Balaban J connectivity index is 3.12. The summed E-state index contributed by atoms with van der Waals surface area (Å²) in [5.41, 5.74) is 0. The van der Waals surface area contributed by atoms with Gasteiger partial charge in [-0.3, -0.25) is 13.0 Å². The first-order valence-electron chi connectivity index (χ1n) is 8.92. The molecule has 0 heterocycles. The van der Waals surface area contributed by atoms with E-state index < -0.39 is 22.0 Å². The number of quaternary nitrogens is 1. The van der Waals surface area contributed by atoms with Crippen LogP contribution >= 0.6 is 70.0 Å². The standard InChI is InChI=1S/C16H24BrCl4N2O5PS/c17-15-1-3-16(4-2-15)30(26,27)28-14-13-23(11-7-20,12-8-21)29(24,25)22(9-5-18)10-6-19/h1-4H,5-14H2. The van der Waals surface area contributed by atoms with E-state index in [0.29, 0.717) is 4.47 Å². The summed E-state index contributed by atoms with van der Waals surface area (Å²) in [4.78, 5) is 13.4. The van der Waals surface area contributed by atoms with E-state index in [-0.39, 0.29) is 67.7 Å². The second-order valence-corrected chi connectivity index (χ2v) is 12.6. The molecule has 0 amide bonds. The molecule has 0 aliphatic carbocycles. The van der Waals surface area contributed by atoms with Gasteiger partial charge in [-0.1, -0.05) is 15.9 Å². The van der Waals surface area contributed by atoms with Gasteiger partial charge in [0, 0.05) is 29.3 Å². The van der Waals surface area contributed by atoms with Gasteiger partial charge in [0.05, 0.1) is 29.7 Å². The Morgan fingerprint density at radius 1 is 0.967 bits per heavy atom. The van der Waals surface area contributed by atoms with E-state index in [2.05, 4.69) is 15.9 Å². The van der Waals surface area contributed by atoms with Crippen molar-refractivity contribution in [3.05, 3.63) is 28.7 Å². The van der Waals surface area contributed by atoms with Crippen LogP contribution in [0.4, 0.5) is 0 Å². The van der Waals surface area contributed by atoms with Crippen LogP contribution in [0.3, 0.4) is 0 Å². The molecule has 7 nitrogen and oxygen atoms in total. The molecule has 0 saturated heterocycles. The maximum absolute atomic E-state index is 13.5. The fraction of sp³-hybridized carbons (Fsp3) is 0.625. The van der Waals surface area contributed by atoms with Crippen LogP contribution in [0.5, 0.6) is 0 Å². The third-order valence-corrected chi connectivity index (χ3v) is 9.75. The zero-order valence-corrected chi connectivity index (χ0v) is 22.4. The van der Waals surface area contributed by atoms with Gasteiger partial charge in [-0.2, -0.15) is 8.42 Å². The molecule has 1 aromatic carbocycles. The van der Waals surface area contributed by atoms with E-state index in [1.165, 1.54) is 16.8 Å². The van der Waals surface area contributed by atoms with Crippen molar-refractivity contribution in [2.24, 2.45) is 0 Å². The summed E-state index contributed by atoms with van der Waals surface area (Å²) in [6.45, 7) is -0.337. The van der Waals surface area contributed by atoms with Crippen LogP contribution in [0.2, 0.25) is 0 Å². The highest BCUT2D eigenvalue weighted by atomic mass is 79.9. The lowest BCUT2D eigenvalue weighted by molar-refractivity contribution is -0.828. The molecule has 0 fully saturated rings. The summed E-state index contributed by atoms with van der Waals surface area (Å²) in [6.07, 6.45) is 0. The van der Waals surface area contributed by atoms with Crippen LogP contribution in [0.25, 0.3) is 0 Å². The van der Waals surface area contributed by atoms with Crippen molar-refractivity contribution in [1.82, 2.24) is 4.67 Å². The van der Waals surface area contributed by atoms with E-state index in [9.17, 15) is 17.9 Å². The number of halogens is 5. The Kier molecular flexibility index (Phi) is 13.1. The molecule has 1 aromatic rings. The van der Waals surface area contributed by atoms with Crippen LogP contribution < -0.4 is 4.89 Å². The second-order valence-electron chi connectivity index (χ2n) is 6.20. The highest BCUT2D eigenvalue weighted by Crippen LogP contribution is 2.51. The third kappa shape index (κ3) is 7.73. The van der Waals surface area contributed by atoms with Crippen molar-refractivity contribution >= 4 is 80.1 Å². The maximum atomic E-state index is 13.5. The highest BCUT2D eigenvalue weighted by Gasteiger charge is 2.42. The summed E-state index contributed by atoms with van der Waals surface area (Å²) in [6, 6.07) is 5.92. The van der Waals surface area contributed by atoms with Crippen LogP contribution in [-0.2, 0) is 18.9 Å². The molecule has 14 heteroatoms. The molecule has 0 bridgehead atoms. The molecule has 0 radical (unpaired) electrons. The van der Waals surface area contributed by atoms with Gasteiger partial charge in [-0.05, 0) is 24.3 Å². The van der Waals surface area contributed by atoms with Crippen molar-refractivity contribution in [3.63, 3.8) is 0 Å². The minimum Gasteiger partial charge on any atom is -0.741 e. The van der Waals surface area contributed by atoms with E-state index in [1.807, 2.05) is 0 Å². The minimum absolute atomic E-state index is 0.0256. The molecule has 0 saturated carbocycles. The van der Waals surface area contributed by atoms with Gasteiger partial charge in [-0.25, -0.2) is 4.67 Å². The predicted octanol–water partition coefficient (Wildman–Crippen LogP) is 3.70. The number of hydrogen-bond donors (Lipinski definition) is 0. The van der Waals surface area contributed by atoms with Crippen LogP contribution in [0.15, 0.2) is 33.6 Å². The largest absolute Gasteiger partial charge is 0.741 e. The van der Waals surface area contributed by atoms with Crippen LogP contribution in [0.1, 0.15) is 0 Å². The SMILES string of the molecule is O=P([O-])(N(CCCl)CCCl)[N+](CCCl)(CCCl)CCOS(=O)(=O)c1ccc(Br)cc1. The lowest BCUT2D eigenvalue weighted by atomic mass is 10.4. The minimum atomic E-state index is -4.37. The quantitative estimate of drug-likeness (QED) is 0.172. The number of rotatable bonds is 15. The van der Waals surface area contributed by atoms with Gasteiger partial charge in [-0.15, -0.1) is 46.4 Å². The van der Waals surface area contributed by atoms with E-state index >= 15 is 0 Å². The Hall–Kier alpha value is 0.880. The Labute approximate surface area is 206 Å². The average Bonchev–Trinajstić information content (AvgIpc) is 2.68. The topological polar surface area (TPSA) is 86.7 Å². The first-order valence-corrected chi connectivity index (χ1v) is 14.8. The van der Waals surface area contributed by atoms with E-state index in [4.69, 9.17) is 50.6 Å². The number of nitrogens with zero attached hydrogens (tertiary/aromatic N) is 2. The molecular weight excluding hydrogens is 585 g/mol. The van der Waals surface area contributed by atoms with Gasteiger partial charge < -0.3 is 4.89 Å². The molecule has 1 rings (SSSR count). The molecule has 174 valence electrons. The molecule has 0 aliphatic rings. The molecule has 1 unspecified atom stereocenters. The summed E-state index contributed by atoms with van der Waals surface area (Å²) < 4.78 is 44.8. The van der Waals surface area contributed by atoms with Gasteiger partial charge in [0.15, 0.2) is 0 Å². The summed E-state index contributed by atoms with van der Waals surface area (Å²) in [7, 11) is -8.43. The number of hydrogen-bond acceptors (Lipinski definition) is 5. The van der Waals surface area contributed by atoms with Crippen molar-refractivity contribution in [1.29, 1.82) is 0 Å². The van der Waals surface area contributed by atoms with Crippen LogP contribution in [0, 0.1) is 0 Å². The molecule has 30 heavy (non-hydrogen) atoms. The molecule has 0 aromatic heterocycles. The van der Waals surface area contributed by atoms with Gasteiger partial charge in [0.25, 0.3) is 17.8 Å². The van der Waals surface area contributed by atoms with Gasteiger partial charge >= 0.3 is 0 Å². The summed E-state index contributed by atoms with van der Waals surface area (Å²) in [5.74, 6) is 0.217. The lowest BCUT2D eigenvalue weighted by Gasteiger charge is -2.50. The lowest BCUT2D eigenvalue weighted by Crippen LogP contribution is -2.56. The number of alkyl halides is 4. The van der Waals surface area contributed by atoms with Crippen molar-refractivity contribution < 1.29 is 26.3 Å². The van der Waals surface area contributed by atoms with Crippen molar-refractivity contribution in [2.75, 3.05) is 62.9 Å². The van der Waals surface area contributed by atoms with E-state index in [1.54, 1.807) is 12.1 Å². The van der Waals surface area contributed by atoms with Crippen molar-refractivity contribution in [3.8, 4) is 0 Å². The Morgan fingerprint density at radius 3 is 1.90 bits per heavy atom. The first-order chi connectivity index (χ1) is 14.1. The molecular formula is C16H24BrCl4N2O5PS. The summed E-state index contributed by atoms with van der Waals surface area (Å²) in [5, 5.41) is 0. The van der Waals surface area contributed by atoms with Crippen LogP contribution in [-0.4, -0.2) is 80.2 Å². The zero-order chi connectivity index (χ0) is 22.8. The van der Waals surface area contributed by atoms with Gasteiger partial charge in [0.2, 0.25) is 0 Å². The zero-order valence-electron chi connectivity index (χ0n) is 16.1. The second kappa shape index (κ2) is 13.6. The first kappa shape index (κ1) is 28.9. The normalized spacial score (nSPS) is 14.8. The average molecular weight is 609 g/mol. The Morgan fingerprint density at radius 2 is 1.47 bits per heavy atom. The Bertz CT molecular complexity index is 791. The molecule has 0 aliphatic heterocycles. The number of benzene rings is 1. The molecule has 0 N–H and O–H groups in total. The van der Waals surface area contributed by atoms with Gasteiger partial charge in [0.1, 0.15) is 13.2 Å². The van der Waals surface area contributed by atoms with Crippen molar-refractivity contribution in [2.45, 2.75) is 4.90 Å².